The fourth-order valence-corrected chi connectivity index (χ4v) is 5.59. The van der Waals surface area contributed by atoms with Crippen LogP contribution in [0.25, 0.3) is 0 Å². The van der Waals surface area contributed by atoms with Crippen LogP contribution in [-0.2, 0) is 16.0 Å². The summed E-state index contributed by atoms with van der Waals surface area (Å²) in [5, 5.41) is 14.7. The molecule has 0 saturated carbocycles. The largest absolute Gasteiger partial charge is 0.490 e. The summed E-state index contributed by atoms with van der Waals surface area (Å²) in [4.78, 5) is 19.7. The Labute approximate surface area is 238 Å². The Kier molecular flexibility index (Phi) is 9.93. The van der Waals surface area contributed by atoms with Gasteiger partial charge < -0.3 is 20.5 Å². The van der Waals surface area contributed by atoms with E-state index in [9.17, 15) is 22.0 Å². The molecule has 3 aliphatic rings. The van der Waals surface area contributed by atoms with Gasteiger partial charge in [-0.25, -0.2) is 18.7 Å². The molecule has 4 heterocycles. The number of morpholine rings is 1. The number of carboxylic acid groups (broad SMARTS) is 1. The second-order valence-corrected chi connectivity index (χ2v) is 11.0. The number of aliphatic carboxylic acids is 1. The number of rotatable bonds is 6. The molecular weight excluding hydrogens is 577 g/mol. The Balaban J connectivity index is 0.000000493. The highest BCUT2D eigenvalue weighted by molar-refractivity contribution is 6.30. The molecule has 0 spiro atoms. The first-order valence-electron chi connectivity index (χ1n) is 13.2. The zero-order valence-electron chi connectivity index (χ0n) is 22.2. The van der Waals surface area contributed by atoms with Crippen molar-refractivity contribution in [3.05, 3.63) is 34.9 Å². The summed E-state index contributed by atoms with van der Waals surface area (Å²) in [5.74, 6) is -4.37. The molecular formula is C25H33ClF5N7O3. The summed E-state index contributed by atoms with van der Waals surface area (Å²) in [6.07, 6.45) is -2.41. The lowest BCUT2D eigenvalue weighted by molar-refractivity contribution is -0.192. The average Bonchev–Trinajstić information content (AvgIpc) is 3.50. The van der Waals surface area contributed by atoms with Gasteiger partial charge in [0.25, 0.3) is 5.92 Å². The molecule has 228 valence electrons. The number of alkyl halides is 5. The van der Waals surface area contributed by atoms with E-state index in [1.54, 1.807) is 0 Å². The summed E-state index contributed by atoms with van der Waals surface area (Å²) < 4.78 is 65.4. The smallest absolute Gasteiger partial charge is 0.475 e. The highest BCUT2D eigenvalue weighted by Crippen LogP contribution is 2.30. The first kappa shape index (κ1) is 31.2. The average molecular weight is 610 g/mol. The lowest BCUT2D eigenvalue weighted by Gasteiger charge is -2.47. The molecule has 10 nitrogen and oxygen atoms in total. The zero-order chi connectivity index (χ0) is 29.8. The summed E-state index contributed by atoms with van der Waals surface area (Å²) in [6, 6.07) is 8.58. The number of nitrogens with two attached hydrogens (primary N) is 1. The molecule has 3 fully saturated rings. The molecule has 0 unspecified atom stereocenters. The van der Waals surface area contributed by atoms with Gasteiger partial charge in [0, 0.05) is 56.3 Å². The predicted octanol–water partition coefficient (Wildman–Crippen LogP) is 3.30. The molecule has 3 saturated heterocycles. The van der Waals surface area contributed by atoms with Crippen molar-refractivity contribution in [1.29, 1.82) is 0 Å². The minimum atomic E-state index is -5.08. The van der Waals surface area contributed by atoms with E-state index in [4.69, 9.17) is 32.0 Å². The second kappa shape index (κ2) is 13.0. The van der Waals surface area contributed by atoms with E-state index in [-0.39, 0.29) is 25.1 Å². The van der Waals surface area contributed by atoms with Gasteiger partial charge >= 0.3 is 12.1 Å². The van der Waals surface area contributed by atoms with E-state index in [0.717, 1.165) is 43.9 Å². The molecule has 0 amide bonds. The van der Waals surface area contributed by atoms with Gasteiger partial charge in [0.1, 0.15) is 0 Å². The van der Waals surface area contributed by atoms with E-state index >= 15 is 0 Å². The Hall–Kier alpha value is -2.75. The maximum Gasteiger partial charge on any atom is 0.490 e. The number of nitrogens with one attached hydrogen (secondary N) is 1. The van der Waals surface area contributed by atoms with Gasteiger partial charge in [-0.05, 0) is 37.0 Å². The number of likely N-dealkylation sites (tertiary alicyclic amines) is 1. The topological polar surface area (TPSA) is 124 Å². The lowest BCUT2D eigenvalue weighted by Crippen LogP contribution is -2.58. The molecule has 2 aromatic rings. The minimum Gasteiger partial charge on any atom is -0.475 e. The van der Waals surface area contributed by atoms with Gasteiger partial charge in [0.05, 0.1) is 19.3 Å². The van der Waals surface area contributed by atoms with Gasteiger partial charge in [-0.3, -0.25) is 9.80 Å². The minimum absolute atomic E-state index is 0.0627. The maximum absolute atomic E-state index is 13.7. The standard InChI is InChI=1S/C23H32ClF2N7O.C2HF3O2/c24-17-3-1-16(2-4-17)11-19-14-34-20(12-31-10-7-23(25,26)15-31)13-33(19)18-5-8-32(9-6-18)22-28-21(27)29-30-22;3-2(4,5)1(6)7/h1-4,18-20H,5-15H2,(H3,27,28,29,30);(H,6,7)/t19-,20-;/m0./s1. The number of hydrogen-bond acceptors (Lipinski definition) is 8. The maximum atomic E-state index is 13.7. The van der Waals surface area contributed by atoms with Crippen molar-refractivity contribution < 1.29 is 36.6 Å². The van der Waals surface area contributed by atoms with Crippen LogP contribution < -0.4 is 10.6 Å². The van der Waals surface area contributed by atoms with E-state index in [1.807, 2.05) is 17.0 Å². The van der Waals surface area contributed by atoms with Crippen molar-refractivity contribution in [2.45, 2.75) is 56.0 Å². The van der Waals surface area contributed by atoms with Crippen LogP contribution >= 0.6 is 11.6 Å². The Morgan fingerprint density at radius 2 is 1.85 bits per heavy atom. The van der Waals surface area contributed by atoms with Gasteiger partial charge in [0.2, 0.25) is 11.9 Å². The number of carbonyl (C=O) groups is 1. The van der Waals surface area contributed by atoms with Crippen molar-refractivity contribution in [1.82, 2.24) is 25.0 Å². The lowest BCUT2D eigenvalue weighted by atomic mass is 9.96. The summed E-state index contributed by atoms with van der Waals surface area (Å²) in [5.41, 5.74) is 6.91. The molecule has 4 N–H and O–H groups in total. The molecule has 16 heteroatoms. The molecule has 0 aliphatic carbocycles. The molecule has 0 radical (unpaired) electrons. The Morgan fingerprint density at radius 3 is 2.39 bits per heavy atom. The SMILES string of the molecule is Nc1nc(N2CCC(N3C[C@H](CN4CCC(F)(F)C4)OC[C@@H]3Cc3ccc(Cl)cc3)CC2)n[nH]1.O=C(O)C(F)(F)F. The summed E-state index contributed by atoms with van der Waals surface area (Å²) in [7, 11) is 0. The third-order valence-electron chi connectivity index (χ3n) is 7.45. The van der Waals surface area contributed by atoms with Gasteiger partial charge in [-0.2, -0.15) is 18.2 Å². The van der Waals surface area contributed by atoms with Crippen LogP contribution in [0.15, 0.2) is 24.3 Å². The number of H-pyrrole nitrogens is 1. The van der Waals surface area contributed by atoms with Crippen molar-refractivity contribution in [3.8, 4) is 0 Å². The van der Waals surface area contributed by atoms with Crippen LogP contribution in [0, 0.1) is 0 Å². The van der Waals surface area contributed by atoms with Crippen LogP contribution in [0.1, 0.15) is 24.8 Å². The number of hydrogen-bond donors (Lipinski definition) is 3. The first-order valence-corrected chi connectivity index (χ1v) is 13.6. The molecule has 3 aliphatic heterocycles. The molecule has 1 aromatic heterocycles. The van der Waals surface area contributed by atoms with Crippen LogP contribution in [0.5, 0.6) is 0 Å². The van der Waals surface area contributed by atoms with Crippen LogP contribution in [0.2, 0.25) is 5.02 Å². The normalized spacial score (nSPS) is 24.2. The fourth-order valence-electron chi connectivity index (χ4n) is 5.46. The van der Waals surface area contributed by atoms with Gasteiger partial charge in [-0.1, -0.05) is 23.7 Å². The van der Waals surface area contributed by atoms with Crippen molar-refractivity contribution in [3.63, 3.8) is 0 Å². The van der Waals surface area contributed by atoms with Crippen molar-refractivity contribution in [2.24, 2.45) is 0 Å². The van der Waals surface area contributed by atoms with Gasteiger partial charge in [-0.15, -0.1) is 5.10 Å². The van der Waals surface area contributed by atoms with Crippen LogP contribution in [-0.4, -0.2) is 112 Å². The quantitative estimate of drug-likeness (QED) is 0.423. The number of halogens is 6. The number of nitrogens with zero attached hydrogens (tertiary/aromatic N) is 5. The molecule has 41 heavy (non-hydrogen) atoms. The molecule has 1 aromatic carbocycles. The van der Waals surface area contributed by atoms with E-state index in [1.165, 1.54) is 5.56 Å². The fraction of sp³-hybridized carbons (Fsp3) is 0.640. The molecule has 5 rings (SSSR count). The third kappa shape index (κ3) is 8.87. The zero-order valence-corrected chi connectivity index (χ0v) is 22.9. The predicted molar refractivity (Wildman–Crippen MR) is 141 cm³/mol. The second-order valence-electron chi connectivity index (χ2n) is 10.5. The van der Waals surface area contributed by atoms with Gasteiger partial charge in [0.15, 0.2) is 0 Å². The van der Waals surface area contributed by atoms with E-state index < -0.39 is 18.1 Å². The third-order valence-corrected chi connectivity index (χ3v) is 7.70. The number of ether oxygens (including phenoxy) is 1. The number of aromatic nitrogens is 3. The number of aromatic amines is 1. The summed E-state index contributed by atoms with van der Waals surface area (Å²) >= 11 is 6.07. The monoisotopic (exact) mass is 609 g/mol. The van der Waals surface area contributed by atoms with Crippen LogP contribution in [0.3, 0.4) is 0 Å². The molecule has 0 bridgehead atoms. The highest BCUT2D eigenvalue weighted by atomic mass is 35.5. The summed E-state index contributed by atoms with van der Waals surface area (Å²) in [6.45, 7) is 3.84. The Bertz CT molecular complexity index is 1150. The van der Waals surface area contributed by atoms with Crippen molar-refractivity contribution in [2.75, 3.05) is 56.5 Å². The number of nitrogen functional groups attached to an aromatic ring is 1. The Morgan fingerprint density at radius 1 is 1.20 bits per heavy atom. The van der Waals surface area contributed by atoms with Crippen LogP contribution in [0.4, 0.5) is 33.8 Å². The van der Waals surface area contributed by atoms with E-state index in [0.29, 0.717) is 37.6 Å². The first-order chi connectivity index (χ1) is 19.3. The highest BCUT2D eigenvalue weighted by Gasteiger charge is 2.41. The number of piperidine rings is 1. The number of anilines is 2. The molecule has 2 atom stereocenters. The van der Waals surface area contributed by atoms with E-state index in [2.05, 4.69) is 37.1 Å². The number of benzene rings is 1. The number of carboxylic acids is 1. The van der Waals surface area contributed by atoms with Crippen molar-refractivity contribution >= 4 is 29.5 Å².